The van der Waals surface area contributed by atoms with Crippen LogP contribution in [-0.2, 0) is 14.6 Å². The Labute approximate surface area is 158 Å². The fourth-order valence-electron chi connectivity index (χ4n) is 2.82. The van der Waals surface area contributed by atoms with Gasteiger partial charge in [-0.3, -0.25) is 4.79 Å². The van der Waals surface area contributed by atoms with Crippen LogP contribution in [0.5, 0.6) is 11.5 Å². The molecular weight excluding hydrogens is 384 g/mol. The van der Waals surface area contributed by atoms with E-state index in [2.05, 4.69) is 10.6 Å². The first-order chi connectivity index (χ1) is 12.0. The maximum absolute atomic E-state index is 12.4. The van der Waals surface area contributed by atoms with Crippen molar-refractivity contribution in [2.24, 2.45) is 5.92 Å². The van der Waals surface area contributed by atoms with Crippen molar-refractivity contribution in [3.8, 4) is 11.5 Å². The second-order valence-corrected chi connectivity index (χ2v) is 8.27. The molecule has 1 aromatic rings. The summed E-state index contributed by atoms with van der Waals surface area (Å²) in [6, 6.07) is 4.46. The van der Waals surface area contributed by atoms with E-state index in [0.29, 0.717) is 44.3 Å². The van der Waals surface area contributed by atoms with Gasteiger partial charge in [0.2, 0.25) is 5.91 Å². The molecule has 2 atom stereocenters. The Hall–Kier alpha value is -1.55. The molecule has 0 radical (unpaired) electrons. The Balaban J connectivity index is 0.00000243. The number of rotatable bonds is 6. The zero-order valence-electron chi connectivity index (χ0n) is 14.1. The molecule has 3 rings (SSSR count). The van der Waals surface area contributed by atoms with Gasteiger partial charge in [0.15, 0.2) is 21.3 Å². The minimum atomic E-state index is -3.60. The van der Waals surface area contributed by atoms with Crippen molar-refractivity contribution in [2.45, 2.75) is 17.4 Å². The molecule has 2 aliphatic heterocycles. The molecule has 2 unspecified atom stereocenters. The lowest BCUT2D eigenvalue weighted by Gasteiger charge is -2.18. The predicted molar refractivity (Wildman–Crippen MR) is 96.7 cm³/mol. The van der Waals surface area contributed by atoms with E-state index in [1.54, 1.807) is 6.07 Å². The number of sulfone groups is 1. The third-order valence-corrected chi connectivity index (χ3v) is 6.05. The number of β-amino-alcohol motifs (C(OH)–C–C–N with tert-alkyl or cyclic N) is 1. The minimum Gasteiger partial charge on any atom is -0.486 e. The number of ether oxygens (including phenoxy) is 2. The molecule has 1 amide bonds. The fourth-order valence-corrected chi connectivity index (χ4v) is 4.07. The summed E-state index contributed by atoms with van der Waals surface area (Å²) >= 11 is 0. The highest BCUT2D eigenvalue weighted by molar-refractivity contribution is 7.91. The lowest BCUT2D eigenvalue weighted by atomic mass is 10.1. The summed E-state index contributed by atoms with van der Waals surface area (Å²) in [6.45, 7) is 2.29. The van der Waals surface area contributed by atoms with Crippen LogP contribution in [0.3, 0.4) is 0 Å². The van der Waals surface area contributed by atoms with Crippen LogP contribution >= 0.6 is 12.4 Å². The Morgan fingerprint density at radius 1 is 1.23 bits per heavy atom. The standard InChI is InChI=1S/C16H22N2O6S.ClH/c19-13-10-17-8-11(13)9-18-16(20)3-6-25(21,22)12-1-2-14-15(7-12)24-5-4-23-14;/h1-2,7,11,13,17,19H,3-6,8-10H2,(H,18,20);1H. The number of amides is 1. The molecule has 10 heteroatoms. The molecule has 1 saturated heterocycles. The smallest absolute Gasteiger partial charge is 0.221 e. The lowest BCUT2D eigenvalue weighted by molar-refractivity contribution is -0.120. The first-order valence-electron chi connectivity index (χ1n) is 8.23. The summed E-state index contributed by atoms with van der Waals surface area (Å²) in [5.74, 6) is 0.244. The molecule has 0 saturated carbocycles. The summed E-state index contributed by atoms with van der Waals surface area (Å²) in [5.41, 5.74) is 0. The number of halogens is 1. The highest BCUT2D eigenvalue weighted by Crippen LogP contribution is 2.32. The van der Waals surface area contributed by atoms with Crippen molar-refractivity contribution in [1.29, 1.82) is 0 Å². The molecule has 26 heavy (non-hydrogen) atoms. The highest BCUT2D eigenvalue weighted by Gasteiger charge is 2.25. The van der Waals surface area contributed by atoms with Gasteiger partial charge in [-0.2, -0.15) is 0 Å². The molecule has 2 aliphatic rings. The molecule has 8 nitrogen and oxygen atoms in total. The van der Waals surface area contributed by atoms with Gasteiger partial charge < -0.3 is 25.2 Å². The third-order valence-electron chi connectivity index (χ3n) is 4.34. The average Bonchev–Trinajstić information content (AvgIpc) is 3.03. The predicted octanol–water partition coefficient (Wildman–Crippen LogP) is -0.260. The van der Waals surface area contributed by atoms with Crippen molar-refractivity contribution in [1.82, 2.24) is 10.6 Å². The largest absolute Gasteiger partial charge is 0.486 e. The van der Waals surface area contributed by atoms with Gasteiger partial charge in [-0.1, -0.05) is 0 Å². The molecule has 0 aliphatic carbocycles. The van der Waals surface area contributed by atoms with Crippen LogP contribution < -0.4 is 20.1 Å². The molecule has 0 aromatic heterocycles. The average molecular weight is 407 g/mol. The van der Waals surface area contributed by atoms with E-state index < -0.39 is 15.9 Å². The van der Waals surface area contributed by atoms with Crippen LogP contribution in [0.2, 0.25) is 0 Å². The Morgan fingerprint density at radius 3 is 2.65 bits per heavy atom. The third kappa shape index (κ3) is 5.00. The molecule has 1 fully saturated rings. The van der Waals surface area contributed by atoms with Crippen LogP contribution in [0.1, 0.15) is 6.42 Å². The minimum absolute atomic E-state index is 0. The molecule has 3 N–H and O–H groups in total. The van der Waals surface area contributed by atoms with Crippen LogP contribution in [0.4, 0.5) is 0 Å². The van der Waals surface area contributed by atoms with Crippen molar-refractivity contribution >= 4 is 28.2 Å². The highest BCUT2D eigenvalue weighted by atomic mass is 35.5. The van der Waals surface area contributed by atoms with Crippen LogP contribution in [-0.4, -0.2) is 64.1 Å². The zero-order chi connectivity index (χ0) is 17.9. The van der Waals surface area contributed by atoms with Gasteiger partial charge in [-0.25, -0.2) is 8.42 Å². The Kier molecular flexibility index (Phi) is 7.10. The molecule has 146 valence electrons. The number of fused-ring (bicyclic) bond motifs is 1. The van der Waals surface area contributed by atoms with Crippen molar-refractivity contribution in [3.05, 3.63) is 18.2 Å². The molecule has 0 bridgehead atoms. The van der Waals surface area contributed by atoms with Crippen LogP contribution in [0.15, 0.2) is 23.1 Å². The number of aliphatic hydroxyl groups excluding tert-OH is 1. The first-order valence-corrected chi connectivity index (χ1v) is 9.89. The maximum Gasteiger partial charge on any atom is 0.221 e. The summed E-state index contributed by atoms with van der Waals surface area (Å²) in [4.78, 5) is 12.0. The molecule has 2 heterocycles. The lowest BCUT2D eigenvalue weighted by Crippen LogP contribution is -2.35. The SMILES string of the molecule is Cl.O=C(CCS(=O)(=O)c1ccc2c(c1)OCCO2)NCC1CNCC1O. The Morgan fingerprint density at radius 2 is 1.96 bits per heavy atom. The zero-order valence-corrected chi connectivity index (χ0v) is 15.8. The van der Waals surface area contributed by atoms with Gasteiger partial charge in [0, 0.05) is 38.0 Å². The number of hydrogen-bond acceptors (Lipinski definition) is 7. The second-order valence-electron chi connectivity index (χ2n) is 6.16. The van der Waals surface area contributed by atoms with Gasteiger partial charge in [-0.05, 0) is 12.1 Å². The fraction of sp³-hybridized carbons (Fsp3) is 0.562. The number of benzene rings is 1. The van der Waals surface area contributed by atoms with Crippen LogP contribution in [0, 0.1) is 5.92 Å². The molecule has 1 aromatic carbocycles. The van der Waals surface area contributed by atoms with E-state index >= 15 is 0 Å². The summed E-state index contributed by atoms with van der Waals surface area (Å²) in [6.07, 6.45) is -0.616. The van der Waals surface area contributed by atoms with Gasteiger partial charge in [-0.15, -0.1) is 12.4 Å². The van der Waals surface area contributed by atoms with E-state index in [1.165, 1.54) is 12.1 Å². The summed E-state index contributed by atoms with van der Waals surface area (Å²) in [5, 5.41) is 15.4. The second kappa shape index (κ2) is 8.90. The van der Waals surface area contributed by atoms with Crippen LogP contribution in [0.25, 0.3) is 0 Å². The normalized spacial score (nSPS) is 21.7. The van der Waals surface area contributed by atoms with E-state index in [4.69, 9.17) is 9.47 Å². The summed E-state index contributed by atoms with van der Waals surface area (Å²) in [7, 11) is -3.60. The van der Waals surface area contributed by atoms with Gasteiger partial charge >= 0.3 is 0 Å². The van der Waals surface area contributed by atoms with Gasteiger partial charge in [0.25, 0.3) is 0 Å². The molecule has 0 spiro atoms. The first kappa shape index (κ1) is 20.8. The monoisotopic (exact) mass is 406 g/mol. The van der Waals surface area contributed by atoms with E-state index in [-0.39, 0.29) is 41.3 Å². The van der Waals surface area contributed by atoms with E-state index in [0.717, 1.165) is 0 Å². The van der Waals surface area contributed by atoms with Gasteiger partial charge in [0.1, 0.15) is 13.2 Å². The Bertz CT molecular complexity index is 742. The topological polar surface area (TPSA) is 114 Å². The van der Waals surface area contributed by atoms with E-state index in [9.17, 15) is 18.3 Å². The number of aliphatic hydroxyl groups is 1. The summed E-state index contributed by atoms with van der Waals surface area (Å²) < 4.78 is 35.6. The maximum atomic E-state index is 12.4. The van der Waals surface area contributed by atoms with Crippen molar-refractivity contribution < 1.29 is 27.8 Å². The van der Waals surface area contributed by atoms with Crippen molar-refractivity contribution in [2.75, 3.05) is 38.6 Å². The number of hydrogen-bond donors (Lipinski definition) is 3. The number of nitrogens with one attached hydrogen (secondary N) is 2. The molecular formula is C16H23ClN2O6S. The van der Waals surface area contributed by atoms with Gasteiger partial charge in [0.05, 0.1) is 16.8 Å². The number of carbonyl (C=O) groups excluding carboxylic acids is 1. The van der Waals surface area contributed by atoms with E-state index in [1.807, 2.05) is 0 Å². The van der Waals surface area contributed by atoms with Crippen molar-refractivity contribution in [3.63, 3.8) is 0 Å². The quantitative estimate of drug-likeness (QED) is 0.596. The number of carbonyl (C=O) groups is 1.